The monoisotopic (exact) mass is 294 g/mol. The average Bonchev–Trinajstić information content (AvgIpc) is 2.93. The summed E-state index contributed by atoms with van der Waals surface area (Å²) >= 11 is 6.10. The van der Waals surface area contributed by atoms with Crippen molar-refractivity contribution < 1.29 is 4.79 Å². The van der Waals surface area contributed by atoms with Gasteiger partial charge in [-0.2, -0.15) is 0 Å². The van der Waals surface area contributed by atoms with E-state index in [1.165, 1.54) is 11.1 Å². The Morgan fingerprint density at radius 3 is 2.52 bits per heavy atom. The molecule has 0 atom stereocenters. The molecule has 0 spiro atoms. The molecule has 3 rings (SSSR count). The Morgan fingerprint density at radius 2 is 1.86 bits per heavy atom. The van der Waals surface area contributed by atoms with Gasteiger partial charge in [-0.3, -0.25) is 4.79 Å². The highest BCUT2D eigenvalue weighted by Crippen LogP contribution is 2.31. The topological polar surface area (TPSA) is 17.1 Å². The highest BCUT2D eigenvalue weighted by Gasteiger charge is 2.17. The zero-order chi connectivity index (χ0) is 14.8. The normalized spacial score (nSPS) is 13.8. The second-order valence-corrected chi connectivity index (χ2v) is 5.64. The van der Waals surface area contributed by atoms with Gasteiger partial charge in [-0.1, -0.05) is 65.7 Å². The van der Waals surface area contributed by atoms with Gasteiger partial charge in [-0.05, 0) is 36.6 Å². The summed E-state index contributed by atoms with van der Waals surface area (Å²) in [5.41, 5.74) is 4.73. The largest absolute Gasteiger partial charge is 0.289 e. The molecule has 21 heavy (non-hydrogen) atoms. The van der Waals surface area contributed by atoms with Crippen molar-refractivity contribution in [1.29, 1.82) is 0 Å². The molecule has 0 amide bonds. The molecule has 0 aliphatic heterocycles. The maximum Gasteiger partial charge on any atom is 0.193 e. The SMILES string of the molecule is CC1=CCC(c2ccc(Cl)cc2C(=O)c2ccccc2)=C1. The Morgan fingerprint density at radius 1 is 1.10 bits per heavy atom. The summed E-state index contributed by atoms with van der Waals surface area (Å²) < 4.78 is 0. The number of carbonyl (C=O) groups excluding carboxylic acids is 1. The molecule has 0 bridgehead atoms. The van der Waals surface area contributed by atoms with Gasteiger partial charge < -0.3 is 0 Å². The lowest BCUT2D eigenvalue weighted by molar-refractivity contribution is 0.103. The zero-order valence-corrected chi connectivity index (χ0v) is 12.5. The summed E-state index contributed by atoms with van der Waals surface area (Å²) in [6.45, 7) is 2.07. The first-order valence-corrected chi connectivity index (χ1v) is 7.30. The van der Waals surface area contributed by atoms with Crippen LogP contribution in [0.2, 0.25) is 5.02 Å². The fourth-order valence-electron chi connectivity index (χ4n) is 2.58. The number of halogens is 1. The van der Waals surface area contributed by atoms with E-state index in [0.29, 0.717) is 16.1 Å². The Balaban J connectivity index is 2.08. The van der Waals surface area contributed by atoms with Crippen LogP contribution < -0.4 is 0 Å². The van der Waals surface area contributed by atoms with Gasteiger partial charge in [0.25, 0.3) is 0 Å². The summed E-state index contributed by atoms with van der Waals surface area (Å²) in [5, 5.41) is 0.585. The molecule has 104 valence electrons. The number of hydrogen-bond donors (Lipinski definition) is 0. The number of carbonyl (C=O) groups is 1. The summed E-state index contributed by atoms with van der Waals surface area (Å²) in [6.07, 6.45) is 5.16. The molecular formula is C19H15ClO. The molecule has 2 heteroatoms. The molecule has 0 aromatic heterocycles. The molecular weight excluding hydrogens is 280 g/mol. The predicted molar refractivity (Wildman–Crippen MR) is 87.7 cm³/mol. The molecule has 1 aliphatic carbocycles. The van der Waals surface area contributed by atoms with E-state index in [1.54, 1.807) is 6.07 Å². The van der Waals surface area contributed by atoms with Crippen molar-refractivity contribution in [3.8, 4) is 0 Å². The van der Waals surface area contributed by atoms with Gasteiger partial charge in [0.2, 0.25) is 0 Å². The molecule has 0 radical (unpaired) electrons. The van der Waals surface area contributed by atoms with Gasteiger partial charge in [0.1, 0.15) is 0 Å². The maximum absolute atomic E-state index is 12.8. The van der Waals surface area contributed by atoms with Gasteiger partial charge in [-0.15, -0.1) is 0 Å². The van der Waals surface area contributed by atoms with Crippen LogP contribution in [-0.2, 0) is 0 Å². The number of ketones is 1. The summed E-state index contributed by atoms with van der Waals surface area (Å²) in [6, 6.07) is 14.9. The van der Waals surface area contributed by atoms with Crippen LogP contribution in [0.1, 0.15) is 34.8 Å². The van der Waals surface area contributed by atoms with E-state index < -0.39 is 0 Å². The summed E-state index contributed by atoms with van der Waals surface area (Å²) in [5.74, 6) is 0.0125. The third-order valence-electron chi connectivity index (χ3n) is 3.65. The van der Waals surface area contributed by atoms with Crippen LogP contribution in [0, 0.1) is 0 Å². The minimum absolute atomic E-state index is 0.0125. The van der Waals surface area contributed by atoms with E-state index >= 15 is 0 Å². The van der Waals surface area contributed by atoms with Crippen LogP contribution >= 0.6 is 11.6 Å². The molecule has 0 saturated carbocycles. The molecule has 2 aromatic rings. The van der Waals surface area contributed by atoms with E-state index in [-0.39, 0.29) is 5.78 Å². The molecule has 1 aliphatic rings. The van der Waals surface area contributed by atoms with E-state index in [4.69, 9.17) is 11.6 Å². The third kappa shape index (κ3) is 2.84. The summed E-state index contributed by atoms with van der Waals surface area (Å²) in [4.78, 5) is 12.8. The summed E-state index contributed by atoms with van der Waals surface area (Å²) in [7, 11) is 0. The first-order valence-electron chi connectivity index (χ1n) is 6.92. The molecule has 1 nitrogen and oxygen atoms in total. The minimum atomic E-state index is 0.0125. The molecule has 0 unspecified atom stereocenters. The lowest BCUT2D eigenvalue weighted by Gasteiger charge is -2.10. The van der Waals surface area contributed by atoms with Crippen molar-refractivity contribution in [2.45, 2.75) is 13.3 Å². The minimum Gasteiger partial charge on any atom is -0.289 e. The first kappa shape index (κ1) is 13.8. The van der Waals surface area contributed by atoms with E-state index in [0.717, 1.165) is 12.0 Å². The van der Waals surface area contributed by atoms with Crippen LogP contribution in [-0.4, -0.2) is 5.78 Å². The number of benzene rings is 2. The van der Waals surface area contributed by atoms with Gasteiger partial charge in [0, 0.05) is 16.1 Å². The van der Waals surface area contributed by atoms with Gasteiger partial charge in [0.05, 0.1) is 0 Å². The average molecular weight is 295 g/mol. The van der Waals surface area contributed by atoms with Crippen molar-refractivity contribution in [2.75, 3.05) is 0 Å². The highest BCUT2D eigenvalue weighted by atomic mass is 35.5. The highest BCUT2D eigenvalue weighted by molar-refractivity contribution is 6.31. The Labute approximate surface area is 129 Å². The van der Waals surface area contributed by atoms with Crippen LogP contribution in [0.15, 0.2) is 66.3 Å². The molecule has 2 aromatic carbocycles. The van der Waals surface area contributed by atoms with Crippen molar-refractivity contribution in [3.63, 3.8) is 0 Å². The number of rotatable bonds is 3. The fourth-order valence-corrected chi connectivity index (χ4v) is 2.75. The van der Waals surface area contributed by atoms with E-state index in [2.05, 4.69) is 19.1 Å². The second-order valence-electron chi connectivity index (χ2n) is 5.21. The van der Waals surface area contributed by atoms with Gasteiger partial charge >= 0.3 is 0 Å². The lowest BCUT2D eigenvalue weighted by Crippen LogP contribution is -2.05. The van der Waals surface area contributed by atoms with Crippen molar-refractivity contribution >= 4 is 23.0 Å². The fraction of sp³-hybridized carbons (Fsp3) is 0.105. The molecule has 0 N–H and O–H groups in total. The predicted octanol–water partition coefficient (Wildman–Crippen LogP) is 5.30. The standard InChI is InChI=1S/C19H15ClO/c1-13-7-8-15(11-13)17-10-9-16(20)12-18(17)19(21)14-5-3-2-4-6-14/h2-7,9-12H,8H2,1H3. The van der Waals surface area contributed by atoms with Gasteiger partial charge in [-0.25, -0.2) is 0 Å². The maximum atomic E-state index is 12.8. The third-order valence-corrected chi connectivity index (χ3v) is 3.89. The Kier molecular flexibility index (Phi) is 3.76. The lowest BCUT2D eigenvalue weighted by atomic mass is 9.93. The van der Waals surface area contributed by atoms with Crippen molar-refractivity contribution in [2.24, 2.45) is 0 Å². The number of allylic oxidation sites excluding steroid dienone is 4. The van der Waals surface area contributed by atoms with Crippen molar-refractivity contribution in [1.82, 2.24) is 0 Å². The second kappa shape index (κ2) is 5.71. The van der Waals surface area contributed by atoms with Crippen LogP contribution in [0.5, 0.6) is 0 Å². The van der Waals surface area contributed by atoms with E-state index in [9.17, 15) is 4.79 Å². The van der Waals surface area contributed by atoms with Crippen LogP contribution in [0.4, 0.5) is 0 Å². The molecule has 0 saturated heterocycles. The molecule has 0 fully saturated rings. The first-order chi connectivity index (χ1) is 10.1. The number of hydrogen-bond acceptors (Lipinski definition) is 1. The van der Waals surface area contributed by atoms with Crippen molar-refractivity contribution in [3.05, 3.63) is 88.0 Å². The zero-order valence-electron chi connectivity index (χ0n) is 11.8. The smallest absolute Gasteiger partial charge is 0.193 e. The Hall–Kier alpha value is -2.12. The van der Waals surface area contributed by atoms with Gasteiger partial charge in [0.15, 0.2) is 5.78 Å². The van der Waals surface area contributed by atoms with Crippen LogP contribution in [0.25, 0.3) is 5.57 Å². The van der Waals surface area contributed by atoms with E-state index in [1.807, 2.05) is 42.5 Å². The van der Waals surface area contributed by atoms with Crippen LogP contribution in [0.3, 0.4) is 0 Å². The molecule has 0 heterocycles. The Bertz CT molecular complexity index is 754. The quantitative estimate of drug-likeness (QED) is 0.702.